The van der Waals surface area contributed by atoms with Gasteiger partial charge in [-0.25, -0.2) is 0 Å². The van der Waals surface area contributed by atoms with E-state index in [1.165, 1.54) is 24.1 Å². The zero-order valence-electron chi connectivity index (χ0n) is 18.7. The van der Waals surface area contributed by atoms with Crippen LogP contribution >= 0.6 is 35.6 Å². The minimum atomic E-state index is -0.189. The molecule has 0 aromatic heterocycles. The molecule has 0 spiro atoms. The molecule has 1 saturated heterocycles. The van der Waals surface area contributed by atoms with Gasteiger partial charge in [0.15, 0.2) is 5.96 Å². The van der Waals surface area contributed by atoms with Gasteiger partial charge in [0.25, 0.3) is 5.91 Å². The number of hydrogen-bond donors (Lipinski definition) is 3. The molecule has 8 heteroatoms. The maximum Gasteiger partial charge on any atom is 0.252 e. The van der Waals surface area contributed by atoms with Crippen LogP contribution < -0.4 is 20.9 Å². The zero-order valence-corrected chi connectivity index (χ0v) is 21.8. The first-order chi connectivity index (χ1) is 15.1. The van der Waals surface area contributed by atoms with Crippen molar-refractivity contribution in [2.75, 3.05) is 37.6 Å². The third-order valence-electron chi connectivity index (χ3n) is 5.32. The Morgan fingerprint density at radius 3 is 2.59 bits per heavy atom. The fraction of sp³-hybridized carbons (Fsp3) is 0.417. The second-order valence-corrected chi connectivity index (χ2v) is 8.06. The number of hydrogen-bond acceptors (Lipinski definition) is 3. The van der Waals surface area contributed by atoms with Crippen molar-refractivity contribution < 1.29 is 4.79 Å². The molecule has 2 aromatic rings. The lowest BCUT2D eigenvalue weighted by Crippen LogP contribution is -2.39. The molecule has 1 aliphatic rings. The van der Waals surface area contributed by atoms with E-state index in [0.717, 1.165) is 25.6 Å². The van der Waals surface area contributed by atoms with Crippen LogP contribution in [0.3, 0.4) is 0 Å². The summed E-state index contributed by atoms with van der Waals surface area (Å²) in [6.45, 7) is 8.10. The lowest BCUT2D eigenvalue weighted by atomic mass is 10.1. The smallest absolute Gasteiger partial charge is 0.252 e. The molecule has 0 saturated carbocycles. The summed E-state index contributed by atoms with van der Waals surface area (Å²) >= 11 is 6.08. The van der Waals surface area contributed by atoms with Gasteiger partial charge in [0.2, 0.25) is 0 Å². The molecule has 1 unspecified atom stereocenters. The summed E-state index contributed by atoms with van der Waals surface area (Å²) in [4.78, 5) is 19.3. The van der Waals surface area contributed by atoms with Gasteiger partial charge in [-0.05, 0) is 56.5 Å². The van der Waals surface area contributed by atoms with Crippen molar-refractivity contribution >= 4 is 53.1 Å². The number of carbonyl (C=O) groups excluding carboxylic acids is 1. The molecule has 1 heterocycles. The van der Waals surface area contributed by atoms with Gasteiger partial charge in [0, 0.05) is 31.9 Å². The maximum absolute atomic E-state index is 12.3. The Balaban J connectivity index is 0.00000363. The van der Waals surface area contributed by atoms with Crippen LogP contribution in [0.5, 0.6) is 0 Å². The monoisotopic (exact) mass is 569 g/mol. The first kappa shape index (κ1) is 26.3. The fourth-order valence-corrected chi connectivity index (χ4v) is 3.87. The quantitative estimate of drug-likeness (QED) is 0.188. The number of aliphatic imine (C=N–C) groups is 1. The van der Waals surface area contributed by atoms with Gasteiger partial charge in [-0.15, -0.1) is 24.0 Å². The summed E-state index contributed by atoms with van der Waals surface area (Å²) in [5, 5.41) is 10.1. The Bertz CT molecular complexity index is 901. The predicted molar refractivity (Wildman–Crippen MR) is 145 cm³/mol. The molecule has 174 valence electrons. The highest BCUT2D eigenvalue weighted by Crippen LogP contribution is 2.24. The van der Waals surface area contributed by atoms with E-state index in [2.05, 4.69) is 57.0 Å². The molecule has 1 atom stereocenters. The molecule has 6 nitrogen and oxygen atoms in total. The number of anilines is 1. The fourth-order valence-electron chi connectivity index (χ4n) is 3.65. The van der Waals surface area contributed by atoms with Crippen molar-refractivity contribution in [3.8, 4) is 0 Å². The number of amides is 1. The molecule has 0 radical (unpaired) electrons. The van der Waals surface area contributed by atoms with Crippen LogP contribution in [-0.4, -0.2) is 44.6 Å². The number of halogens is 2. The molecule has 1 amide bonds. The number of benzene rings is 2. The number of rotatable bonds is 8. The summed E-state index contributed by atoms with van der Waals surface area (Å²) in [7, 11) is 0. The average Bonchev–Trinajstić information content (AvgIpc) is 3.32. The van der Waals surface area contributed by atoms with Gasteiger partial charge in [0.1, 0.15) is 0 Å². The molecule has 1 fully saturated rings. The molecule has 3 rings (SSSR count). The Hall–Kier alpha value is -2.00. The lowest BCUT2D eigenvalue weighted by Gasteiger charge is -2.22. The van der Waals surface area contributed by atoms with Gasteiger partial charge in [-0.1, -0.05) is 35.9 Å². The number of nitrogens with one attached hydrogen (secondary N) is 3. The number of nitrogens with zero attached hydrogens (tertiary/aromatic N) is 2. The van der Waals surface area contributed by atoms with Crippen LogP contribution in [0.2, 0.25) is 5.02 Å². The topological polar surface area (TPSA) is 68.8 Å². The maximum atomic E-state index is 12.3. The van der Waals surface area contributed by atoms with Gasteiger partial charge in [-0.3, -0.25) is 9.79 Å². The third-order valence-corrected chi connectivity index (χ3v) is 5.65. The van der Waals surface area contributed by atoms with Crippen LogP contribution in [0.25, 0.3) is 0 Å². The zero-order chi connectivity index (χ0) is 22.1. The number of guanidine groups is 1. The van der Waals surface area contributed by atoms with Crippen LogP contribution in [0.4, 0.5) is 5.69 Å². The minimum Gasteiger partial charge on any atom is -0.372 e. The molecular weight excluding hydrogens is 537 g/mol. The first-order valence-corrected chi connectivity index (χ1v) is 11.4. The number of carbonyl (C=O) groups is 1. The van der Waals surface area contributed by atoms with E-state index in [9.17, 15) is 4.79 Å². The van der Waals surface area contributed by atoms with E-state index < -0.39 is 0 Å². The standard InChI is InChI=1S/C24H32ClN5O.HI/c1-3-26-24(28-14-13-27-23(31)21-11-4-5-12-22(21)25)29-18(2)19-9-8-10-20(17-19)30-15-6-7-16-30;/h4-5,8-12,17-18H,3,6-7,13-16H2,1-2H3,(H,27,31)(H2,26,28,29);1H. The Labute approximate surface area is 213 Å². The predicted octanol–water partition coefficient (Wildman–Crippen LogP) is 4.60. The van der Waals surface area contributed by atoms with Gasteiger partial charge in [0.05, 0.1) is 23.2 Å². The van der Waals surface area contributed by atoms with Crippen LogP contribution in [0, 0.1) is 0 Å². The van der Waals surface area contributed by atoms with E-state index in [-0.39, 0.29) is 35.9 Å². The van der Waals surface area contributed by atoms with Crippen LogP contribution in [0.1, 0.15) is 48.7 Å². The summed E-state index contributed by atoms with van der Waals surface area (Å²) in [5.41, 5.74) is 2.99. The van der Waals surface area contributed by atoms with E-state index >= 15 is 0 Å². The SMILES string of the molecule is CCNC(=NCCNC(=O)c1ccccc1Cl)NC(C)c1cccc(N2CCCC2)c1.I. The van der Waals surface area contributed by atoms with Crippen LogP contribution in [0.15, 0.2) is 53.5 Å². The molecule has 0 bridgehead atoms. The summed E-state index contributed by atoms with van der Waals surface area (Å²) in [5.74, 6) is 0.541. The van der Waals surface area contributed by atoms with Gasteiger partial charge in [-0.2, -0.15) is 0 Å². The van der Waals surface area contributed by atoms with Crippen molar-refractivity contribution in [1.82, 2.24) is 16.0 Å². The Kier molecular flexibility index (Phi) is 11.1. The Morgan fingerprint density at radius 2 is 1.88 bits per heavy atom. The molecule has 1 aliphatic heterocycles. The highest BCUT2D eigenvalue weighted by molar-refractivity contribution is 14.0. The van der Waals surface area contributed by atoms with E-state index in [0.29, 0.717) is 23.7 Å². The summed E-state index contributed by atoms with van der Waals surface area (Å²) in [6.07, 6.45) is 2.53. The summed E-state index contributed by atoms with van der Waals surface area (Å²) < 4.78 is 0. The van der Waals surface area contributed by atoms with E-state index in [1.54, 1.807) is 24.3 Å². The highest BCUT2D eigenvalue weighted by Gasteiger charge is 2.14. The Morgan fingerprint density at radius 1 is 1.12 bits per heavy atom. The van der Waals surface area contributed by atoms with Crippen molar-refractivity contribution in [3.05, 3.63) is 64.7 Å². The van der Waals surface area contributed by atoms with Crippen molar-refractivity contribution in [3.63, 3.8) is 0 Å². The minimum absolute atomic E-state index is 0. The molecule has 3 N–H and O–H groups in total. The second-order valence-electron chi connectivity index (χ2n) is 7.65. The second kappa shape index (κ2) is 13.5. The van der Waals surface area contributed by atoms with Crippen molar-refractivity contribution in [2.45, 2.75) is 32.7 Å². The van der Waals surface area contributed by atoms with Crippen LogP contribution in [-0.2, 0) is 0 Å². The highest BCUT2D eigenvalue weighted by atomic mass is 127. The summed E-state index contributed by atoms with van der Waals surface area (Å²) in [6, 6.07) is 15.8. The molecule has 2 aromatic carbocycles. The molecule has 0 aliphatic carbocycles. The first-order valence-electron chi connectivity index (χ1n) is 11.0. The van der Waals surface area contributed by atoms with Crippen molar-refractivity contribution in [2.24, 2.45) is 4.99 Å². The lowest BCUT2D eigenvalue weighted by molar-refractivity contribution is 0.0955. The van der Waals surface area contributed by atoms with E-state index in [1.807, 2.05) is 6.92 Å². The largest absolute Gasteiger partial charge is 0.372 e. The van der Waals surface area contributed by atoms with Gasteiger partial charge >= 0.3 is 0 Å². The molecular formula is C24H33ClIN5O. The van der Waals surface area contributed by atoms with Gasteiger partial charge < -0.3 is 20.9 Å². The molecule has 32 heavy (non-hydrogen) atoms. The third kappa shape index (κ3) is 7.55. The van der Waals surface area contributed by atoms with Crippen molar-refractivity contribution in [1.29, 1.82) is 0 Å². The van der Waals surface area contributed by atoms with E-state index in [4.69, 9.17) is 11.6 Å². The normalized spacial score (nSPS) is 14.5. The average molecular weight is 570 g/mol.